The van der Waals surface area contributed by atoms with E-state index in [0.717, 1.165) is 11.1 Å². The fourth-order valence-corrected chi connectivity index (χ4v) is 2.10. The monoisotopic (exact) mass is 305 g/mol. The molecular weight excluding hydrogens is 285 g/mol. The molecule has 0 aliphatic heterocycles. The highest BCUT2D eigenvalue weighted by atomic mass is 32.1. The number of rotatable bonds is 4. The Balaban J connectivity index is 0.00000106. The van der Waals surface area contributed by atoms with E-state index in [4.69, 9.17) is 5.21 Å². The van der Waals surface area contributed by atoms with Gasteiger partial charge in [-0.05, 0) is 22.8 Å². The Kier molecular flexibility index (Phi) is 7.54. The lowest BCUT2D eigenvalue weighted by Crippen LogP contribution is -2.06. The molecule has 2 nitrogen and oxygen atoms in total. The predicted octanol–water partition coefficient (Wildman–Crippen LogP) is 4.70. The molecule has 0 aromatic heterocycles. The highest BCUT2D eigenvalue weighted by molar-refractivity contribution is 7.79. The van der Waals surface area contributed by atoms with Crippen LogP contribution in [0.1, 0.15) is 30.5 Å². The average Bonchev–Trinajstić information content (AvgIpc) is 2.55. The molecule has 0 spiro atoms. The zero-order valence-electron chi connectivity index (χ0n) is 12.3. The zero-order chi connectivity index (χ0) is 15.7. The second-order valence-electron chi connectivity index (χ2n) is 4.17. The summed E-state index contributed by atoms with van der Waals surface area (Å²) in [6.07, 6.45) is 0.379. The summed E-state index contributed by atoms with van der Waals surface area (Å²) >= 11 is 4.06. The van der Waals surface area contributed by atoms with Gasteiger partial charge in [0.25, 0.3) is 0 Å². The van der Waals surface area contributed by atoms with Gasteiger partial charge < -0.3 is 5.21 Å². The minimum absolute atomic E-state index is 0.280. The summed E-state index contributed by atoms with van der Waals surface area (Å²) in [5.74, 6) is 0.0870. The molecule has 0 amide bonds. The lowest BCUT2D eigenvalue weighted by Gasteiger charge is -2.06. The van der Waals surface area contributed by atoms with Crippen molar-refractivity contribution < 1.29 is 9.60 Å². The molecule has 0 radical (unpaired) electrons. The van der Waals surface area contributed by atoms with Crippen molar-refractivity contribution in [2.45, 2.75) is 26.0 Å². The second-order valence-corrected chi connectivity index (χ2v) is 4.49. The quantitative estimate of drug-likeness (QED) is 0.365. The van der Waals surface area contributed by atoms with E-state index >= 15 is 0 Å². The van der Waals surface area contributed by atoms with E-state index in [2.05, 4.69) is 17.8 Å². The van der Waals surface area contributed by atoms with Gasteiger partial charge in [0.1, 0.15) is 5.82 Å². The topological polar surface area (TPSA) is 32.6 Å². The minimum atomic E-state index is -0.280. The minimum Gasteiger partial charge on any atom is -0.411 e. The second kappa shape index (κ2) is 9.19. The molecule has 0 bridgehead atoms. The van der Waals surface area contributed by atoms with E-state index in [-0.39, 0.29) is 5.82 Å². The Hall–Kier alpha value is -1.81. The highest BCUT2D eigenvalue weighted by Crippen LogP contribution is 2.15. The van der Waals surface area contributed by atoms with Crippen molar-refractivity contribution in [3.05, 3.63) is 71.0 Å². The number of thiol groups is 1. The fraction of sp³-hybridized carbons (Fsp3) is 0.235. The van der Waals surface area contributed by atoms with Crippen LogP contribution in [0.4, 0.5) is 4.39 Å². The van der Waals surface area contributed by atoms with Gasteiger partial charge in [-0.2, -0.15) is 12.6 Å². The third kappa shape index (κ3) is 4.90. The summed E-state index contributed by atoms with van der Waals surface area (Å²) in [5, 5.41) is 12.4. The highest BCUT2D eigenvalue weighted by Gasteiger charge is 2.08. The molecule has 0 fully saturated rings. The van der Waals surface area contributed by atoms with Crippen LogP contribution in [0.2, 0.25) is 0 Å². The predicted molar refractivity (Wildman–Crippen MR) is 88.9 cm³/mol. The van der Waals surface area contributed by atoms with Gasteiger partial charge in [0, 0.05) is 12.2 Å². The summed E-state index contributed by atoms with van der Waals surface area (Å²) in [6.45, 7) is 4.00. The molecule has 0 saturated heterocycles. The van der Waals surface area contributed by atoms with E-state index in [1.54, 1.807) is 6.07 Å². The maximum atomic E-state index is 13.7. The van der Waals surface area contributed by atoms with Crippen molar-refractivity contribution in [3.8, 4) is 0 Å². The molecule has 4 heteroatoms. The number of hydrogen-bond donors (Lipinski definition) is 2. The number of halogens is 1. The van der Waals surface area contributed by atoms with E-state index < -0.39 is 0 Å². The summed E-state index contributed by atoms with van der Waals surface area (Å²) < 4.78 is 13.7. The molecule has 0 saturated carbocycles. The molecule has 2 aromatic carbocycles. The van der Waals surface area contributed by atoms with Gasteiger partial charge in [-0.1, -0.05) is 61.5 Å². The molecular formula is C17H20FNOS. The maximum absolute atomic E-state index is 13.7. The van der Waals surface area contributed by atoms with Crippen molar-refractivity contribution in [2.75, 3.05) is 0 Å². The van der Waals surface area contributed by atoms with Crippen molar-refractivity contribution in [1.82, 2.24) is 0 Å². The normalized spacial score (nSPS) is 10.8. The molecule has 2 aromatic rings. The Morgan fingerprint density at radius 3 is 2.33 bits per heavy atom. The lowest BCUT2D eigenvalue weighted by molar-refractivity contribution is 0.318. The summed E-state index contributed by atoms with van der Waals surface area (Å²) in [7, 11) is 0. The molecule has 112 valence electrons. The first-order valence-corrected chi connectivity index (χ1v) is 7.52. The summed E-state index contributed by atoms with van der Waals surface area (Å²) in [4.78, 5) is 0. The van der Waals surface area contributed by atoms with Gasteiger partial charge >= 0.3 is 0 Å². The van der Waals surface area contributed by atoms with E-state index in [1.165, 1.54) is 6.07 Å². The summed E-state index contributed by atoms with van der Waals surface area (Å²) in [5.41, 5.74) is 2.66. The molecule has 1 N–H and O–H groups in total. The molecule has 2 rings (SSSR count). The Labute approximate surface area is 130 Å². The van der Waals surface area contributed by atoms with Crippen molar-refractivity contribution in [2.24, 2.45) is 5.16 Å². The Morgan fingerprint density at radius 1 is 1.14 bits per heavy atom. The van der Waals surface area contributed by atoms with Crippen LogP contribution in [0.25, 0.3) is 0 Å². The van der Waals surface area contributed by atoms with E-state index in [1.807, 2.05) is 50.2 Å². The third-order valence-corrected chi connectivity index (χ3v) is 3.23. The molecule has 0 aliphatic rings. The number of oxime groups is 1. The molecule has 0 unspecified atom stereocenters. The van der Waals surface area contributed by atoms with Crippen LogP contribution < -0.4 is 0 Å². The average molecular weight is 305 g/mol. The largest absolute Gasteiger partial charge is 0.411 e. The third-order valence-electron chi connectivity index (χ3n) is 2.89. The maximum Gasteiger partial charge on any atom is 0.127 e. The van der Waals surface area contributed by atoms with Crippen LogP contribution in [-0.2, 0) is 12.2 Å². The van der Waals surface area contributed by atoms with Gasteiger partial charge in [-0.3, -0.25) is 0 Å². The van der Waals surface area contributed by atoms with Gasteiger partial charge in [-0.25, -0.2) is 4.39 Å². The first-order valence-electron chi connectivity index (χ1n) is 6.89. The van der Waals surface area contributed by atoms with Crippen molar-refractivity contribution >= 4 is 18.3 Å². The first kappa shape index (κ1) is 17.2. The van der Waals surface area contributed by atoms with Crippen LogP contribution in [0.5, 0.6) is 0 Å². The molecule has 21 heavy (non-hydrogen) atoms. The van der Waals surface area contributed by atoms with E-state index in [0.29, 0.717) is 23.4 Å². The zero-order valence-corrected chi connectivity index (χ0v) is 13.1. The molecule has 0 heterocycles. The lowest BCUT2D eigenvalue weighted by atomic mass is 10.0. The van der Waals surface area contributed by atoms with Crippen LogP contribution >= 0.6 is 12.6 Å². The Morgan fingerprint density at radius 2 is 1.81 bits per heavy atom. The van der Waals surface area contributed by atoms with E-state index in [9.17, 15) is 4.39 Å². The van der Waals surface area contributed by atoms with Crippen molar-refractivity contribution in [3.63, 3.8) is 0 Å². The Bertz CT molecular complexity index is 585. The SMILES string of the molecule is CC.ON=C(Cc1ccc(CS)c(F)c1)c1ccccc1. The van der Waals surface area contributed by atoms with Crippen LogP contribution in [-0.4, -0.2) is 10.9 Å². The van der Waals surface area contributed by atoms with Gasteiger partial charge in [0.05, 0.1) is 5.71 Å². The smallest absolute Gasteiger partial charge is 0.127 e. The van der Waals surface area contributed by atoms with Gasteiger partial charge in [0.2, 0.25) is 0 Å². The first-order chi connectivity index (χ1) is 10.2. The van der Waals surface area contributed by atoms with Crippen LogP contribution in [0.3, 0.4) is 0 Å². The molecule has 0 aliphatic carbocycles. The summed E-state index contributed by atoms with van der Waals surface area (Å²) in [6, 6.07) is 14.3. The van der Waals surface area contributed by atoms with Crippen LogP contribution in [0, 0.1) is 5.82 Å². The number of nitrogens with zero attached hydrogens (tertiary/aromatic N) is 1. The standard InChI is InChI=1S/C15H14FNOS.C2H6/c16-14-8-11(6-7-13(14)10-19)9-15(17-18)12-4-2-1-3-5-12;1-2/h1-8,18-19H,9-10H2;1-2H3. The van der Waals surface area contributed by atoms with Gasteiger partial charge in [-0.15, -0.1) is 0 Å². The van der Waals surface area contributed by atoms with Gasteiger partial charge in [0.15, 0.2) is 0 Å². The number of benzene rings is 2. The fourth-order valence-electron chi connectivity index (χ4n) is 1.85. The molecule has 0 atom stereocenters. The number of hydrogen-bond acceptors (Lipinski definition) is 3. The van der Waals surface area contributed by atoms with Crippen LogP contribution in [0.15, 0.2) is 53.7 Å². The van der Waals surface area contributed by atoms with Crippen molar-refractivity contribution in [1.29, 1.82) is 0 Å².